The molecule has 2 rings (SSSR count). The van der Waals surface area contributed by atoms with Gasteiger partial charge in [-0.2, -0.15) is 0 Å². The van der Waals surface area contributed by atoms with E-state index < -0.39 is 6.10 Å². The molecule has 2 aromatic rings. The van der Waals surface area contributed by atoms with Gasteiger partial charge in [0.1, 0.15) is 6.10 Å². The second kappa shape index (κ2) is 7.49. The first-order chi connectivity index (χ1) is 9.79. The van der Waals surface area contributed by atoms with Crippen LogP contribution < -0.4 is 5.73 Å². The largest absolute Gasteiger partial charge is 0.376 e. The molecule has 0 radical (unpaired) electrons. The lowest BCUT2D eigenvalue weighted by molar-refractivity contribution is 0.238. The first-order valence-electron chi connectivity index (χ1n) is 6.83. The molecule has 0 aliphatic carbocycles. The highest BCUT2D eigenvalue weighted by Crippen LogP contribution is 2.11. The maximum atomic E-state index is 10.0. The number of aliphatic hydroxyl groups excluding tert-OH is 1. The fraction of sp³-hybridized carbons (Fsp3) is 0.222. The second-order valence-electron chi connectivity index (χ2n) is 4.68. The summed E-state index contributed by atoms with van der Waals surface area (Å²) in [4.78, 5) is 0. The van der Waals surface area contributed by atoms with E-state index in [1.165, 1.54) is 5.56 Å². The van der Waals surface area contributed by atoms with Gasteiger partial charge < -0.3 is 10.8 Å². The molecule has 0 saturated heterocycles. The molecule has 0 aromatic heterocycles. The fourth-order valence-electron chi connectivity index (χ4n) is 1.98. The van der Waals surface area contributed by atoms with Crippen molar-refractivity contribution >= 4 is 0 Å². The van der Waals surface area contributed by atoms with Crippen LogP contribution in [0.5, 0.6) is 0 Å². The Morgan fingerprint density at radius 3 is 2.60 bits per heavy atom. The van der Waals surface area contributed by atoms with Crippen LogP contribution in [0.4, 0.5) is 0 Å². The van der Waals surface area contributed by atoms with Crippen molar-refractivity contribution in [3.8, 4) is 11.8 Å². The molecule has 0 unspecified atom stereocenters. The van der Waals surface area contributed by atoms with E-state index in [1.807, 2.05) is 42.5 Å². The van der Waals surface area contributed by atoms with Crippen LogP contribution in [0.2, 0.25) is 0 Å². The Bertz CT molecular complexity index is 596. The molecule has 1 atom stereocenters. The SMILES string of the molecule is NCCCc1cccc(C#C[C@H](O)c2ccccc2)c1. The predicted octanol–water partition coefficient (Wildman–Crippen LogP) is 2.66. The van der Waals surface area contributed by atoms with Crippen molar-refractivity contribution < 1.29 is 5.11 Å². The zero-order chi connectivity index (χ0) is 14.2. The lowest BCUT2D eigenvalue weighted by Crippen LogP contribution is -2.00. The molecule has 0 amide bonds. The van der Waals surface area contributed by atoms with Crippen molar-refractivity contribution in [3.63, 3.8) is 0 Å². The first-order valence-corrected chi connectivity index (χ1v) is 6.83. The molecule has 3 N–H and O–H groups in total. The van der Waals surface area contributed by atoms with E-state index in [4.69, 9.17) is 5.73 Å². The Hall–Kier alpha value is -2.08. The number of hydrogen-bond acceptors (Lipinski definition) is 2. The van der Waals surface area contributed by atoms with E-state index in [-0.39, 0.29) is 0 Å². The molecule has 0 aliphatic heterocycles. The lowest BCUT2D eigenvalue weighted by atomic mass is 10.1. The highest BCUT2D eigenvalue weighted by molar-refractivity contribution is 5.39. The van der Waals surface area contributed by atoms with Crippen molar-refractivity contribution in [3.05, 3.63) is 71.3 Å². The summed E-state index contributed by atoms with van der Waals surface area (Å²) in [6, 6.07) is 17.5. The van der Waals surface area contributed by atoms with Gasteiger partial charge in [-0.3, -0.25) is 0 Å². The molecule has 0 fully saturated rings. The zero-order valence-electron chi connectivity index (χ0n) is 11.4. The van der Waals surface area contributed by atoms with Crippen LogP contribution >= 0.6 is 0 Å². The molecular formula is C18H19NO. The minimum atomic E-state index is -0.746. The molecule has 0 heterocycles. The van der Waals surface area contributed by atoms with E-state index in [0.717, 1.165) is 24.0 Å². The Kier molecular flexibility index (Phi) is 5.37. The maximum absolute atomic E-state index is 10.0. The lowest BCUT2D eigenvalue weighted by Gasteiger charge is -2.03. The Morgan fingerprint density at radius 2 is 1.85 bits per heavy atom. The average molecular weight is 265 g/mol. The van der Waals surface area contributed by atoms with E-state index in [2.05, 4.69) is 24.0 Å². The van der Waals surface area contributed by atoms with Gasteiger partial charge in [0.25, 0.3) is 0 Å². The van der Waals surface area contributed by atoms with Gasteiger partial charge >= 0.3 is 0 Å². The molecule has 0 bridgehead atoms. The van der Waals surface area contributed by atoms with Crippen molar-refractivity contribution in [1.29, 1.82) is 0 Å². The summed E-state index contributed by atoms with van der Waals surface area (Å²) in [6.07, 6.45) is 1.19. The number of aliphatic hydroxyl groups is 1. The van der Waals surface area contributed by atoms with E-state index in [1.54, 1.807) is 0 Å². The standard InChI is InChI=1S/C18H19NO/c19-13-5-8-15-6-4-7-16(14-15)11-12-18(20)17-9-2-1-3-10-17/h1-4,6-7,9-10,14,18,20H,5,8,13,19H2/t18-/m0/s1. The minimum absolute atomic E-state index is 0.697. The zero-order valence-corrected chi connectivity index (χ0v) is 11.4. The van der Waals surface area contributed by atoms with Crippen LogP contribution in [-0.2, 0) is 6.42 Å². The third-order valence-electron chi connectivity index (χ3n) is 3.07. The van der Waals surface area contributed by atoms with Crippen molar-refractivity contribution in [2.45, 2.75) is 18.9 Å². The quantitative estimate of drug-likeness (QED) is 0.835. The molecule has 2 nitrogen and oxygen atoms in total. The third kappa shape index (κ3) is 4.24. The number of hydrogen-bond donors (Lipinski definition) is 2. The molecule has 0 aliphatic rings. The summed E-state index contributed by atoms with van der Waals surface area (Å²) in [7, 11) is 0. The Labute approximate surface area is 120 Å². The number of rotatable bonds is 4. The average Bonchev–Trinajstić information content (AvgIpc) is 2.52. The van der Waals surface area contributed by atoms with Crippen molar-refractivity contribution in [2.75, 3.05) is 6.54 Å². The van der Waals surface area contributed by atoms with Crippen LogP contribution in [0.25, 0.3) is 0 Å². The highest BCUT2D eigenvalue weighted by atomic mass is 16.3. The van der Waals surface area contributed by atoms with Gasteiger partial charge in [0.05, 0.1) is 0 Å². The van der Waals surface area contributed by atoms with Crippen LogP contribution in [-0.4, -0.2) is 11.7 Å². The van der Waals surface area contributed by atoms with Gasteiger partial charge in [-0.25, -0.2) is 0 Å². The summed E-state index contributed by atoms with van der Waals surface area (Å²) in [5.74, 6) is 5.91. The van der Waals surface area contributed by atoms with E-state index in [0.29, 0.717) is 6.54 Å². The highest BCUT2D eigenvalue weighted by Gasteiger charge is 2.01. The molecule has 20 heavy (non-hydrogen) atoms. The van der Waals surface area contributed by atoms with Crippen LogP contribution in [0.15, 0.2) is 54.6 Å². The van der Waals surface area contributed by atoms with Crippen molar-refractivity contribution in [2.24, 2.45) is 5.73 Å². The molecule has 0 spiro atoms. The third-order valence-corrected chi connectivity index (χ3v) is 3.07. The van der Waals surface area contributed by atoms with Crippen molar-refractivity contribution in [1.82, 2.24) is 0 Å². The van der Waals surface area contributed by atoms with Gasteiger partial charge in [-0.1, -0.05) is 54.3 Å². The van der Waals surface area contributed by atoms with Gasteiger partial charge in [-0.15, -0.1) is 0 Å². The summed E-state index contributed by atoms with van der Waals surface area (Å²) in [5.41, 5.74) is 8.49. The topological polar surface area (TPSA) is 46.2 Å². The summed E-state index contributed by atoms with van der Waals surface area (Å²) >= 11 is 0. The molecule has 0 saturated carbocycles. The van der Waals surface area contributed by atoms with E-state index >= 15 is 0 Å². The van der Waals surface area contributed by atoms with Crippen LogP contribution in [0, 0.1) is 11.8 Å². The van der Waals surface area contributed by atoms with Gasteiger partial charge in [0.2, 0.25) is 0 Å². The Balaban J connectivity index is 2.08. The summed E-state index contributed by atoms with van der Waals surface area (Å²) in [6.45, 7) is 0.697. The van der Waals surface area contributed by atoms with Gasteiger partial charge in [-0.05, 0) is 42.6 Å². The van der Waals surface area contributed by atoms with Gasteiger partial charge in [0, 0.05) is 5.56 Å². The number of benzene rings is 2. The molecule has 102 valence electrons. The molecule has 2 aromatic carbocycles. The Morgan fingerprint density at radius 1 is 1.05 bits per heavy atom. The predicted molar refractivity (Wildman–Crippen MR) is 82.1 cm³/mol. The summed E-state index contributed by atoms with van der Waals surface area (Å²) in [5, 5.41) is 10.0. The van der Waals surface area contributed by atoms with Crippen LogP contribution in [0.1, 0.15) is 29.2 Å². The minimum Gasteiger partial charge on any atom is -0.376 e. The van der Waals surface area contributed by atoms with Crippen LogP contribution in [0.3, 0.4) is 0 Å². The second-order valence-corrected chi connectivity index (χ2v) is 4.68. The first kappa shape index (κ1) is 14.3. The normalized spacial score (nSPS) is 11.5. The van der Waals surface area contributed by atoms with E-state index in [9.17, 15) is 5.11 Å². The molecule has 2 heteroatoms. The maximum Gasteiger partial charge on any atom is 0.140 e. The number of nitrogens with two attached hydrogens (primary N) is 1. The smallest absolute Gasteiger partial charge is 0.140 e. The fourth-order valence-corrected chi connectivity index (χ4v) is 1.98. The summed E-state index contributed by atoms with van der Waals surface area (Å²) < 4.78 is 0. The monoisotopic (exact) mass is 265 g/mol. The van der Waals surface area contributed by atoms with Gasteiger partial charge in [0.15, 0.2) is 0 Å². The number of aryl methyl sites for hydroxylation is 1. The molecular weight excluding hydrogens is 246 g/mol.